The molecule has 1 unspecified atom stereocenters. The van der Waals surface area contributed by atoms with E-state index in [4.69, 9.17) is 5.26 Å². The molecule has 1 atom stereocenters. The molecule has 1 fully saturated rings. The topological polar surface area (TPSA) is 81.0 Å². The van der Waals surface area contributed by atoms with Crippen LogP contribution in [0.25, 0.3) is 0 Å². The lowest BCUT2D eigenvalue weighted by atomic mass is 10.0. The molecular formula is C20H22FN5O. The fourth-order valence-corrected chi connectivity index (χ4v) is 3.28. The number of halogens is 1. The summed E-state index contributed by atoms with van der Waals surface area (Å²) >= 11 is 0. The second-order valence-electron chi connectivity index (χ2n) is 6.50. The molecule has 0 bridgehead atoms. The molecule has 2 N–H and O–H groups in total. The standard InChI is InChI=1S/C20H22FN5O/c1-2-23-20(27)18-11-15(7-8-24-18)25-16-4-3-9-26(13-16)19-6-5-14(12-22)10-17(19)21/h5-8,10-11,16H,2-4,9,13H2,1H3,(H,23,27)(H,24,25). The molecule has 0 radical (unpaired) electrons. The third-order valence-corrected chi connectivity index (χ3v) is 4.54. The van der Waals surface area contributed by atoms with E-state index in [9.17, 15) is 9.18 Å². The zero-order chi connectivity index (χ0) is 19.2. The van der Waals surface area contributed by atoms with Crippen LogP contribution in [0.5, 0.6) is 0 Å². The van der Waals surface area contributed by atoms with Crippen LogP contribution in [0, 0.1) is 17.1 Å². The summed E-state index contributed by atoms with van der Waals surface area (Å²) in [6.07, 6.45) is 3.48. The molecule has 27 heavy (non-hydrogen) atoms. The molecule has 3 rings (SSSR count). The molecule has 1 aromatic carbocycles. The van der Waals surface area contributed by atoms with Crippen LogP contribution < -0.4 is 15.5 Å². The van der Waals surface area contributed by atoms with Gasteiger partial charge in [0.2, 0.25) is 0 Å². The zero-order valence-corrected chi connectivity index (χ0v) is 15.2. The van der Waals surface area contributed by atoms with Gasteiger partial charge in [0.15, 0.2) is 0 Å². The quantitative estimate of drug-likeness (QED) is 0.849. The van der Waals surface area contributed by atoms with Crippen molar-refractivity contribution in [3.05, 3.63) is 53.6 Å². The number of carbonyl (C=O) groups is 1. The van der Waals surface area contributed by atoms with Gasteiger partial charge in [0.1, 0.15) is 11.5 Å². The number of amides is 1. The minimum absolute atomic E-state index is 0.123. The summed E-state index contributed by atoms with van der Waals surface area (Å²) in [5.74, 6) is -0.580. The van der Waals surface area contributed by atoms with Crippen molar-refractivity contribution >= 4 is 17.3 Å². The molecule has 2 aromatic rings. The fourth-order valence-electron chi connectivity index (χ4n) is 3.28. The number of nitriles is 1. The van der Waals surface area contributed by atoms with Crippen LogP contribution in [0.4, 0.5) is 15.8 Å². The van der Waals surface area contributed by atoms with Crippen molar-refractivity contribution in [2.75, 3.05) is 29.9 Å². The maximum absolute atomic E-state index is 14.3. The second-order valence-corrected chi connectivity index (χ2v) is 6.50. The van der Waals surface area contributed by atoms with Crippen molar-refractivity contribution in [1.82, 2.24) is 10.3 Å². The molecule has 7 heteroatoms. The maximum Gasteiger partial charge on any atom is 0.269 e. The Kier molecular flexibility index (Phi) is 5.87. The average molecular weight is 367 g/mol. The van der Waals surface area contributed by atoms with Gasteiger partial charge in [-0.1, -0.05) is 0 Å². The maximum atomic E-state index is 14.3. The van der Waals surface area contributed by atoms with E-state index in [2.05, 4.69) is 15.6 Å². The number of hydrogen-bond acceptors (Lipinski definition) is 5. The van der Waals surface area contributed by atoms with E-state index in [1.807, 2.05) is 24.0 Å². The van der Waals surface area contributed by atoms with Crippen LogP contribution in [-0.4, -0.2) is 36.6 Å². The Hall–Kier alpha value is -3.14. The van der Waals surface area contributed by atoms with Crippen molar-refractivity contribution in [1.29, 1.82) is 5.26 Å². The number of nitrogens with zero attached hydrogens (tertiary/aromatic N) is 3. The van der Waals surface area contributed by atoms with Crippen molar-refractivity contribution in [2.24, 2.45) is 0 Å². The molecule has 6 nitrogen and oxygen atoms in total. The Morgan fingerprint density at radius 2 is 2.26 bits per heavy atom. The van der Waals surface area contributed by atoms with Gasteiger partial charge in [-0.05, 0) is 50.1 Å². The Labute approximate surface area is 158 Å². The number of pyridine rings is 1. The van der Waals surface area contributed by atoms with Crippen LogP contribution in [0.15, 0.2) is 36.5 Å². The molecule has 0 saturated carbocycles. The lowest BCUT2D eigenvalue weighted by molar-refractivity contribution is 0.0951. The van der Waals surface area contributed by atoms with E-state index < -0.39 is 0 Å². The van der Waals surface area contributed by atoms with Gasteiger partial charge in [0.05, 0.1) is 17.3 Å². The van der Waals surface area contributed by atoms with Crippen LogP contribution >= 0.6 is 0 Å². The first-order chi connectivity index (χ1) is 13.1. The van der Waals surface area contributed by atoms with Gasteiger partial charge in [-0.25, -0.2) is 4.39 Å². The molecule has 140 valence electrons. The van der Waals surface area contributed by atoms with Crippen molar-refractivity contribution in [3.63, 3.8) is 0 Å². The average Bonchev–Trinajstić information content (AvgIpc) is 2.68. The Balaban J connectivity index is 1.69. The number of nitrogens with one attached hydrogen (secondary N) is 2. The van der Waals surface area contributed by atoms with E-state index in [-0.39, 0.29) is 17.8 Å². The first-order valence-corrected chi connectivity index (χ1v) is 9.06. The predicted octanol–water partition coefficient (Wildman–Crippen LogP) is 2.92. The first-order valence-electron chi connectivity index (χ1n) is 9.06. The Morgan fingerprint density at radius 3 is 3.00 bits per heavy atom. The summed E-state index contributed by atoms with van der Waals surface area (Å²) in [6.45, 7) is 3.81. The summed E-state index contributed by atoms with van der Waals surface area (Å²) in [5.41, 5.74) is 2.02. The van der Waals surface area contributed by atoms with Gasteiger partial charge in [-0.15, -0.1) is 0 Å². The third kappa shape index (κ3) is 4.53. The van der Waals surface area contributed by atoms with Crippen molar-refractivity contribution in [3.8, 4) is 6.07 Å². The molecule has 0 spiro atoms. The molecule has 1 aliphatic heterocycles. The number of anilines is 2. The van der Waals surface area contributed by atoms with E-state index in [0.29, 0.717) is 30.0 Å². The van der Waals surface area contributed by atoms with E-state index in [1.54, 1.807) is 24.4 Å². The lowest BCUT2D eigenvalue weighted by Crippen LogP contribution is -2.42. The lowest BCUT2D eigenvalue weighted by Gasteiger charge is -2.35. The summed E-state index contributed by atoms with van der Waals surface area (Å²) in [5, 5.41) is 15.0. The SMILES string of the molecule is CCNC(=O)c1cc(NC2CCCN(c3ccc(C#N)cc3F)C2)ccn1. The molecular weight excluding hydrogens is 345 g/mol. The zero-order valence-electron chi connectivity index (χ0n) is 15.2. The highest BCUT2D eigenvalue weighted by Gasteiger charge is 2.22. The largest absolute Gasteiger partial charge is 0.380 e. The van der Waals surface area contributed by atoms with Crippen molar-refractivity contribution in [2.45, 2.75) is 25.8 Å². The second kappa shape index (κ2) is 8.49. The summed E-state index contributed by atoms with van der Waals surface area (Å²) < 4.78 is 14.3. The molecule has 2 heterocycles. The molecule has 1 saturated heterocycles. The summed E-state index contributed by atoms with van der Waals surface area (Å²) in [7, 11) is 0. The minimum atomic E-state index is -0.378. The van der Waals surface area contributed by atoms with E-state index in [0.717, 1.165) is 25.1 Å². The van der Waals surface area contributed by atoms with Gasteiger partial charge >= 0.3 is 0 Å². The summed E-state index contributed by atoms with van der Waals surface area (Å²) in [4.78, 5) is 18.0. The number of piperidine rings is 1. The number of hydrogen-bond donors (Lipinski definition) is 2. The first kappa shape index (κ1) is 18.6. The fraction of sp³-hybridized carbons (Fsp3) is 0.350. The van der Waals surface area contributed by atoms with Gasteiger partial charge in [0.25, 0.3) is 5.91 Å². The minimum Gasteiger partial charge on any atom is -0.380 e. The monoisotopic (exact) mass is 367 g/mol. The number of benzene rings is 1. The van der Waals surface area contributed by atoms with Gasteiger partial charge in [-0.2, -0.15) is 5.26 Å². The molecule has 1 aromatic heterocycles. The predicted molar refractivity (Wildman–Crippen MR) is 102 cm³/mol. The highest BCUT2D eigenvalue weighted by molar-refractivity contribution is 5.93. The van der Waals surface area contributed by atoms with Crippen LogP contribution in [0.1, 0.15) is 35.8 Å². The number of rotatable bonds is 5. The molecule has 0 aliphatic carbocycles. The highest BCUT2D eigenvalue weighted by Crippen LogP contribution is 2.25. The van der Waals surface area contributed by atoms with Crippen LogP contribution in [-0.2, 0) is 0 Å². The van der Waals surface area contributed by atoms with E-state index >= 15 is 0 Å². The highest BCUT2D eigenvalue weighted by atomic mass is 19.1. The van der Waals surface area contributed by atoms with E-state index in [1.165, 1.54) is 6.07 Å². The van der Waals surface area contributed by atoms with Crippen LogP contribution in [0.3, 0.4) is 0 Å². The molecule has 1 aliphatic rings. The van der Waals surface area contributed by atoms with Gasteiger partial charge in [-0.3, -0.25) is 9.78 Å². The summed E-state index contributed by atoms with van der Waals surface area (Å²) in [6, 6.07) is 10.2. The smallest absolute Gasteiger partial charge is 0.269 e. The Bertz CT molecular complexity index is 864. The Morgan fingerprint density at radius 1 is 1.41 bits per heavy atom. The van der Waals surface area contributed by atoms with Gasteiger partial charge < -0.3 is 15.5 Å². The third-order valence-electron chi connectivity index (χ3n) is 4.54. The van der Waals surface area contributed by atoms with Crippen LogP contribution in [0.2, 0.25) is 0 Å². The number of aromatic nitrogens is 1. The normalized spacial score (nSPS) is 16.5. The van der Waals surface area contributed by atoms with Gasteiger partial charge in [0, 0.05) is 37.6 Å². The number of carbonyl (C=O) groups excluding carboxylic acids is 1. The van der Waals surface area contributed by atoms with Crippen molar-refractivity contribution < 1.29 is 9.18 Å². The molecule has 1 amide bonds.